The van der Waals surface area contributed by atoms with Gasteiger partial charge in [0.25, 0.3) is 0 Å². The first-order valence-corrected chi connectivity index (χ1v) is 7.37. The molecule has 1 N–H and O–H groups in total. The summed E-state index contributed by atoms with van der Waals surface area (Å²) in [5, 5.41) is 3.28. The van der Waals surface area contributed by atoms with Crippen molar-refractivity contribution in [2.24, 2.45) is 0 Å². The van der Waals surface area contributed by atoms with Crippen LogP contribution in [0, 0.1) is 20.8 Å². The second-order valence-electron chi connectivity index (χ2n) is 5.27. The molecule has 21 heavy (non-hydrogen) atoms. The average Bonchev–Trinajstić information content (AvgIpc) is 2.46. The standard InChI is InChI=1S/C17H23N3O/c1-5-8-18-16-10-14(4)19-17(20-16)11-21-15-7-6-12(2)13(3)9-15/h6-7,9-10H,5,8,11H2,1-4H3,(H,18,19,20). The lowest BCUT2D eigenvalue weighted by Crippen LogP contribution is -2.08. The van der Waals surface area contributed by atoms with Crippen molar-refractivity contribution in [1.82, 2.24) is 9.97 Å². The number of nitrogens with zero attached hydrogens (tertiary/aromatic N) is 2. The summed E-state index contributed by atoms with van der Waals surface area (Å²) in [6, 6.07) is 8.04. The lowest BCUT2D eigenvalue weighted by atomic mass is 10.1. The molecule has 0 atom stereocenters. The molecule has 0 radical (unpaired) electrons. The van der Waals surface area contributed by atoms with Gasteiger partial charge in [-0.15, -0.1) is 0 Å². The Bertz CT molecular complexity index is 611. The van der Waals surface area contributed by atoms with Crippen LogP contribution in [0.15, 0.2) is 24.3 Å². The molecule has 0 fully saturated rings. The van der Waals surface area contributed by atoms with Crippen LogP contribution in [0.1, 0.15) is 36.0 Å². The Hall–Kier alpha value is -2.10. The topological polar surface area (TPSA) is 47.0 Å². The van der Waals surface area contributed by atoms with Crippen LogP contribution in [-0.4, -0.2) is 16.5 Å². The number of anilines is 1. The number of hydrogen-bond acceptors (Lipinski definition) is 4. The normalized spacial score (nSPS) is 10.5. The first kappa shape index (κ1) is 15.3. The number of benzene rings is 1. The van der Waals surface area contributed by atoms with E-state index in [0.29, 0.717) is 12.4 Å². The molecule has 0 saturated carbocycles. The first-order chi connectivity index (χ1) is 10.1. The third-order valence-electron chi connectivity index (χ3n) is 3.30. The van der Waals surface area contributed by atoms with Gasteiger partial charge in [0.15, 0.2) is 5.82 Å². The largest absolute Gasteiger partial charge is 0.486 e. The van der Waals surface area contributed by atoms with E-state index in [-0.39, 0.29) is 0 Å². The molecule has 1 aromatic heterocycles. The van der Waals surface area contributed by atoms with E-state index in [4.69, 9.17) is 4.74 Å². The molecule has 0 bridgehead atoms. The van der Waals surface area contributed by atoms with E-state index in [2.05, 4.69) is 42.1 Å². The molecule has 0 saturated heterocycles. The highest BCUT2D eigenvalue weighted by molar-refractivity contribution is 5.36. The highest BCUT2D eigenvalue weighted by Crippen LogP contribution is 2.17. The number of rotatable bonds is 6. The van der Waals surface area contributed by atoms with Crippen LogP contribution in [0.5, 0.6) is 5.75 Å². The van der Waals surface area contributed by atoms with Crippen molar-refractivity contribution < 1.29 is 4.74 Å². The molecule has 0 aliphatic heterocycles. The third-order valence-corrected chi connectivity index (χ3v) is 3.30. The summed E-state index contributed by atoms with van der Waals surface area (Å²) >= 11 is 0. The monoisotopic (exact) mass is 285 g/mol. The Kier molecular flexibility index (Phi) is 5.14. The van der Waals surface area contributed by atoms with Crippen molar-refractivity contribution >= 4 is 5.82 Å². The van der Waals surface area contributed by atoms with Gasteiger partial charge < -0.3 is 10.1 Å². The quantitative estimate of drug-likeness (QED) is 0.877. The summed E-state index contributed by atoms with van der Waals surface area (Å²) in [4.78, 5) is 8.90. The van der Waals surface area contributed by atoms with Crippen LogP contribution >= 0.6 is 0 Å². The number of nitrogens with one attached hydrogen (secondary N) is 1. The summed E-state index contributed by atoms with van der Waals surface area (Å²) in [7, 11) is 0. The third kappa shape index (κ3) is 4.45. The van der Waals surface area contributed by atoms with Crippen molar-refractivity contribution in [3.8, 4) is 5.75 Å². The Balaban J connectivity index is 2.05. The van der Waals surface area contributed by atoms with E-state index in [1.807, 2.05) is 25.1 Å². The van der Waals surface area contributed by atoms with Gasteiger partial charge in [0.2, 0.25) is 0 Å². The molecule has 0 unspecified atom stereocenters. The molecule has 0 aliphatic rings. The molecule has 2 aromatic rings. The van der Waals surface area contributed by atoms with Crippen LogP contribution in [0.3, 0.4) is 0 Å². The van der Waals surface area contributed by atoms with Gasteiger partial charge in [0.1, 0.15) is 18.2 Å². The van der Waals surface area contributed by atoms with Gasteiger partial charge in [-0.1, -0.05) is 13.0 Å². The van der Waals surface area contributed by atoms with Crippen LogP contribution in [0.4, 0.5) is 5.82 Å². The molecule has 4 heteroatoms. The van der Waals surface area contributed by atoms with Crippen molar-refractivity contribution in [3.05, 3.63) is 46.9 Å². The maximum Gasteiger partial charge on any atom is 0.168 e. The Morgan fingerprint density at radius 3 is 2.57 bits per heavy atom. The van der Waals surface area contributed by atoms with E-state index in [1.165, 1.54) is 11.1 Å². The molecular weight excluding hydrogens is 262 g/mol. The molecule has 0 amide bonds. The molecule has 2 rings (SSSR count). The Morgan fingerprint density at radius 1 is 1.05 bits per heavy atom. The smallest absolute Gasteiger partial charge is 0.168 e. The van der Waals surface area contributed by atoms with E-state index in [1.54, 1.807) is 0 Å². The molecule has 0 aliphatic carbocycles. The zero-order chi connectivity index (χ0) is 15.2. The zero-order valence-electron chi connectivity index (χ0n) is 13.2. The van der Waals surface area contributed by atoms with E-state index < -0.39 is 0 Å². The van der Waals surface area contributed by atoms with Gasteiger partial charge in [-0.2, -0.15) is 0 Å². The van der Waals surface area contributed by atoms with Gasteiger partial charge in [0.05, 0.1) is 0 Å². The number of aromatic nitrogens is 2. The van der Waals surface area contributed by atoms with Gasteiger partial charge in [-0.05, 0) is 50.5 Å². The number of ether oxygens (including phenoxy) is 1. The van der Waals surface area contributed by atoms with Crippen molar-refractivity contribution in [2.75, 3.05) is 11.9 Å². The SMILES string of the molecule is CCCNc1cc(C)nc(COc2ccc(C)c(C)c2)n1. The van der Waals surface area contributed by atoms with Crippen LogP contribution in [0.25, 0.3) is 0 Å². The lowest BCUT2D eigenvalue weighted by molar-refractivity contribution is 0.295. The summed E-state index contributed by atoms with van der Waals surface area (Å²) in [6.45, 7) is 9.56. The second-order valence-corrected chi connectivity index (χ2v) is 5.27. The highest BCUT2D eigenvalue weighted by atomic mass is 16.5. The van der Waals surface area contributed by atoms with Crippen molar-refractivity contribution in [1.29, 1.82) is 0 Å². The average molecular weight is 285 g/mol. The summed E-state index contributed by atoms with van der Waals surface area (Å²) < 4.78 is 5.79. The maximum atomic E-state index is 5.79. The fourth-order valence-corrected chi connectivity index (χ4v) is 1.99. The Labute approximate surface area is 126 Å². The second kappa shape index (κ2) is 7.07. The predicted octanol–water partition coefficient (Wildman–Crippen LogP) is 3.80. The predicted molar refractivity (Wildman–Crippen MR) is 85.8 cm³/mol. The first-order valence-electron chi connectivity index (χ1n) is 7.37. The minimum atomic E-state index is 0.380. The minimum Gasteiger partial charge on any atom is -0.486 e. The highest BCUT2D eigenvalue weighted by Gasteiger charge is 2.04. The van der Waals surface area contributed by atoms with Gasteiger partial charge in [-0.3, -0.25) is 0 Å². The molecular formula is C17H23N3O. The van der Waals surface area contributed by atoms with Gasteiger partial charge in [0, 0.05) is 18.3 Å². The van der Waals surface area contributed by atoms with Gasteiger partial charge >= 0.3 is 0 Å². The number of hydrogen-bond donors (Lipinski definition) is 1. The fourth-order valence-electron chi connectivity index (χ4n) is 1.99. The van der Waals surface area contributed by atoms with E-state index in [0.717, 1.165) is 30.2 Å². The molecule has 1 heterocycles. The maximum absolute atomic E-state index is 5.79. The van der Waals surface area contributed by atoms with Crippen molar-refractivity contribution in [2.45, 2.75) is 40.7 Å². The molecule has 1 aromatic carbocycles. The fraction of sp³-hybridized carbons (Fsp3) is 0.412. The Morgan fingerprint density at radius 2 is 1.86 bits per heavy atom. The molecule has 4 nitrogen and oxygen atoms in total. The summed E-state index contributed by atoms with van der Waals surface area (Å²) in [6.07, 6.45) is 1.07. The minimum absolute atomic E-state index is 0.380. The van der Waals surface area contributed by atoms with Crippen LogP contribution in [0.2, 0.25) is 0 Å². The van der Waals surface area contributed by atoms with Gasteiger partial charge in [-0.25, -0.2) is 9.97 Å². The van der Waals surface area contributed by atoms with Crippen molar-refractivity contribution in [3.63, 3.8) is 0 Å². The zero-order valence-corrected chi connectivity index (χ0v) is 13.2. The van der Waals surface area contributed by atoms with Crippen LogP contribution < -0.4 is 10.1 Å². The van der Waals surface area contributed by atoms with E-state index >= 15 is 0 Å². The molecule has 112 valence electrons. The number of aryl methyl sites for hydroxylation is 3. The summed E-state index contributed by atoms with van der Waals surface area (Å²) in [5.74, 6) is 2.42. The van der Waals surface area contributed by atoms with Crippen LogP contribution in [-0.2, 0) is 6.61 Å². The summed E-state index contributed by atoms with van der Waals surface area (Å²) in [5.41, 5.74) is 3.44. The lowest BCUT2D eigenvalue weighted by Gasteiger charge is -2.10. The van der Waals surface area contributed by atoms with E-state index in [9.17, 15) is 0 Å². The molecule has 0 spiro atoms.